The summed E-state index contributed by atoms with van der Waals surface area (Å²) >= 11 is 0. The molecule has 0 aliphatic carbocycles. The highest BCUT2D eigenvalue weighted by molar-refractivity contribution is 5.87. The number of phenolic OH excluding ortho intramolecular Hbond substituents is 2. The van der Waals surface area contributed by atoms with Gasteiger partial charge >= 0.3 is 11.9 Å². The molecule has 2 aliphatic rings. The largest absolute Gasteiger partial charge is 0.508 e. The minimum absolute atomic E-state index is 0.00149. The summed E-state index contributed by atoms with van der Waals surface area (Å²) in [5, 5.41) is 80.7. The Kier molecular flexibility index (Phi) is 11.3. The molecule has 2 aromatic carbocycles. The molecule has 45 heavy (non-hydrogen) atoms. The van der Waals surface area contributed by atoms with Crippen LogP contribution in [0.25, 0.3) is 12.2 Å². The number of esters is 2. The van der Waals surface area contributed by atoms with Gasteiger partial charge in [-0.3, -0.25) is 0 Å². The molecular formula is C30H34O15. The molecule has 0 amide bonds. The lowest BCUT2D eigenvalue weighted by Crippen LogP contribution is -2.63. The normalized spacial score (nSPS) is 31.8. The third-order valence-corrected chi connectivity index (χ3v) is 7.10. The number of rotatable bonds is 11. The van der Waals surface area contributed by atoms with Gasteiger partial charge in [0.05, 0.1) is 6.61 Å². The van der Waals surface area contributed by atoms with Crippen LogP contribution in [0.4, 0.5) is 0 Å². The molecule has 2 fully saturated rings. The van der Waals surface area contributed by atoms with Crippen LogP contribution in [0.3, 0.4) is 0 Å². The zero-order valence-corrected chi connectivity index (χ0v) is 23.6. The van der Waals surface area contributed by atoms with E-state index in [4.69, 9.17) is 23.7 Å². The number of aliphatic hydroxyl groups is 6. The second-order valence-corrected chi connectivity index (χ2v) is 10.3. The summed E-state index contributed by atoms with van der Waals surface area (Å²) in [6, 6.07) is 11.7. The van der Waals surface area contributed by atoms with Crippen molar-refractivity contribution >= 4 is 24.1 Å². The van der Waals surface area contributed by atoms with Gasteiger partial charge in [0.15, 0.2) is 12.4 Å². The Morgan fingerprint density at radius 3 is 1.84 bits per heavy atom. The van der Waals surface area contributed by atoms with E-state index in [0.29, 0.717) is 11.1 Å². The molecule has 0 spiro atoms. The van der Waals surface area contributed by atoms with Crippen LogP contribution in [0.2, 0.25) is 0 Å². The third-order valence-electron chi connectivity index (χ3n) is 7.10. The van der Waals surface area contributed by atoms with Gasteiger partial charge in [0, 0.05) is 12.2 Å². The van der Waals surface area contributed by atoms with Crippen molar-refractivity contribution in [1.29, 1.82) is 0 Å². The molecule has 9 atom stereocenters. The lowest BCUT2D eigenvalue weighted by Gasteiger charge is -2.43. The van der Waals surface area contributed by atoms with Crippen LogP contribution in [0.5, 0.6) is 11.5 Å². The number of carbonyl (C=O) groups excluding carboxylic acids is 2. The number of aliphatic hydroxyl groups excluding tert-OH is 6. The van der Waals surface area contributed by atoms with Gasteiger partial charge in [-0.2, -0.15) is 0 Å². The Bertz CT molecular complexity index is 1340. The van der Waals surface area contributed by atoms with Crippen molar-refractivity contribution in [1.82, 2.24) is 0 Å². The van der Waals surface area contributed by atoms with Crippen molar-refractivity contribution in [3.63, 3.8) is 0 Å². The highest BCUT2D eigenvalue weighted by atomic mass is 16.8. The van der Waals surface area contributed by atoms with E-state index in [-0.39, 0.29) is 11.5 Å². The first-order chi connectivity index (χ1) is 21.5. The maximum atomic E-state index is 12.8. The first-order valence-corrected chi connectivity index (χ1v) is 13.7. The molecule has 15 heteroatoms. The lowest BCUT2D eigenvalue weighted by atomic mass is 9.99. The second kappa shape index (κ2) is 14.9. The van der Waals surface area contributed by atoms with Crippen LogP contribution in [0.1, 0.15) is 11.1 Å². The summed E-state index contributed by atoms with van der Waals surface area (Å²) in [4.78, 5) is 25.2. The van der Waals surface area contributed by atoms with Crippen LogP contribution < -0.4 is 0 Å². The Morgan fingerprint density at radius 1 is 0.756 bits per heavy atom. The summed E-state index contributed by atoms with van der Waals surface area (Å²) in [6.45, 7) is -2.54. The van der Waals surface area contributed by atoms with Crippen molar-refractivity contribution in [3.8, 4) is 11.5 Å². The van der Waals surface area contributed by atoms with E-state index < -0.39 is 86.6 Å². The summed E-state index contributed by atoms with van der Waals surface area (Å²) in [7, 11) is 0. The van der Waals surface area contributed by atoms with Crippen molar-refractivity contribution < 1.29 is 74.1 Å². The molecule has 0 unspecified atom stereocenters. The number of phenols is 2. The standard InChI is InChI=1S/C30H34O15/c31-13-20-24(37)26(39)27(40)29(42-20)45-30(15-32)28(43-23(36)12-6-17-3-9-19(34)10-4-17)25(38)21(44-30)14-41-22(35)11-5-16-1-7-18(33)8-2-16/h1-12,20-21,24-29,31-34,37-40H,13-15H2/t20-,21-,24-,25-,26+,27-,28+,29-,30+/m1/s1. The first kappa shape index (κ1) is 34.0. The Morgan fingerprint density at radius 2 is 1.31 bits per heavy atom. The van der Waals surface area contributed by atoms with Crippen LogP contribution in [0, 0.1) is 0 Å². The molecule has 244 valence electrons. The van der Waals surface area contributed by atoms with E-state index in [2.05, 4.69) is 0 Å². The van der Waals surface area contributed by atoms with Gasteiger partial charge in [-0.25, -0.2) is 9.59 Å². The maximum Gasteiger partial charge on any atom is 0.331 e. The second-order valence-electron chi connectivity index (χ2n) is 10.3. The van der Waals surface area contributed by atoms with Gasteiger partial charge in [-0.15, -0.1) is 0 Å². The molecule has 2 aliphatic heterocycles. The molecule has 2 saturated heterocycles. The predicted molar refractivity (Wildman–Crippen MR) is 151 cm³/mol. The van der Waals surface area contributed by atoms with Crippen LogP contribution >= 0.6 is 0 Å². The summed E-state index contributed by atoms with van der Waals surface area (Å²) in [5.74, 6) is -4.33. The number of ether oxygens (including phenoxy) is 5. The zero-order valence-electron chi connectivity index (χ0n) is 23.6. The Hall–Kier alpha value is -3.90. The number of hydrogen-bond donors (Lipinski definition) is 8. The van der Waals surface area contributed by atoms with Crippen LogP contribution in [0.15, 0.2) is 60.7 Å². The van der Waals surface area contributed by atoms with E-state index in [9.17, 15) is 50.4 Å². The topological polar surface area (TPSA) is 242 Å². The number of carbonyl (C=O) groups is 2. The van der Waals surface area contributed by atoms with Gasteiger partial charge in [0.25, 0.3) is 0 Å². The first-order valence-electron chi connectivity index (χ1n) is 13.7. The molecule has 0 saturated carbocycles. The van der Waals surface area contributed by atoms with Gasteiger partial charge < -0.3 is 64.5 Å². The summed E-state index contributed by atoms with van der Waals surface area (Å²) in [5.41, 5.74) is 1.07. The molecule has 2 aromatic rings. The fourth-order valence-corrected chi connectivity index (χ4v) is 4.64. The van der Waals surface area contributed by atoms with Gasteiger partial charge in [0.1, 0.15) is 61.3 Å². The van der Waals surface area contributed by atoms with E-state index in [1.807, 2.05) is 0 Å². The number of aromatic hydroxyl groups is 2. The average molecular weight is 635 g/mol. The molecule has 2 heterocycles. The summed E-state index contributed by atoms with van der Waals surface area (Å²) in [6.07, 6.45) is -9.11. The van der Waals surface area contributed by atoms with E-state index in [1.54, 1.807) is 12.1 Å². The van der Waals surface area contributed by atoms with Gasteiger partial charge in [-0.05, 0) is 47.5 Å². The quantitative estimate of drug-likeness (QED) is 0.104. The van der Waals surface area contributed by atoms with Crippen LogP contribution in [-0.4, -0.2) is 127 Å². The smallest absolute Gasteiger partial charge is 0.331 e. The van der Waals surface area contributed by atoms with E-state index >= 15 is 0 Å². The van der Waals surface area contributed by atoms with Gasteiger partial charge in [0.2, 0.25) is 5.79 Å². The average Bonchev–Trinajstić information content (AvgIpc) is 3.29. The van der Waals surface area contributed by atoms with Crippen molar-refractivity contribution in [2.45, 2.75) is 54.8 Å². The molecule has 0 radical (unpaired) electrons. The molecule has 0 aromatic heterocycles. The maximum absolute atomic E-state index is 12.8. The molecule has 15 nitrogen and oxygen atoms in total. The molecule has 0 bridgehead atoms. The zero-order chi connectivity index (χ0) is 32.7. The fourth-order valence-electron chi connectivity index (χ4n) is 4.64. The summed E-state index contributed by atoms with van der Waals surface area (Å²) < 4.78 is 27.3. The van der Waals surface area contributed by atoms with Crippen molar-refractivity contribution in [2.24, 2.45) is 0 Å². The Balaban J connectivity index is 1.52. The minimum atomic E-state index is -2.46. The van der Waals surface area contributed by atoms with Crippen LogP contribution in [-0.2, 0) is 33.3 Å². The SMILES string of the molecule is O=C(C=Cc1ccc(O)cc1)OC[C@H]1O[C@@](CO)(O[C@H]2O[C@H](CO)[C@@H](O)[C@H](O)[C@H]2O)[C@@H](OC(=O)C=Cc2ccc(O)cc2)[C@@H]1O. The number of benzene rings is 2. The third kappa shape index (κ3) is 8.23. The Labute approximate surface area is 256 Å². The highest BCUT2D eigenvalue weighted by Gasteiger charge is 2.61. The lowest BCUT2D eigenvalue weighted by molar-refractivity contribution is -0.383. The number of hydrogen-bond acceptors (Lipinski definition) is 15. The minimum Gasteiger partial charge on any atom is -0.508 e. The highest BCUT2D eigenvalue weighted by Crippen LogP contribution is 2.38. The monoisotopic (exact) mass is 634 g/mol. The van der Waals surface area contributed by atoms with Gasteiger partial charge in [-0.1, -0.05) is 24.3 Å². The molecule has 4 rings (SSSR count). The van der Waals surface area contributed by atoms with E-state index in [1.165, 1.54) is 48.6 Å². The van der Waals surface area contributed by atoms with Crippen molar-refractivity contribution in [3.05, 3.63) is 71.8 Å². The fraction of sp³-hybridized carbons (Fsp3) is 0.400. The van der Waals surface area contributed by atoms with E-state index in [0.717, 1.165) is 12.2 Å². The molecular weight excluding hydrogens is 600 g/mol. The molecule has 8 N–H and O–H groups in total. The van der Waals surface area contributed by atoms with Crippen molar-refractivity contribution in [2.75, 3.05) is 19.8 Å². The predicted octanol–water partition coefficient (Wildman–Crippen LogP) is -1.46.